The topological polar surface area (TPSA) is 30.5 Å². The normalized spacial score (nSPS) is 10.3. The van der Waals surface area contributed by atoms with E-state index in [9.17, 15) is 0 Å². The number of anilines is 1. The molecular formula is C16H18BrNO2. The molecule has 0 saturated carbocycles. The van der Waals surface area contributed by atoms with Crippen LogP contribution >= 0.6 is 15.9 Å². The smallest absolute Gasteiger partial charge is 0.133 e. The quantitative estimate of drug-likeness (QED) is 0.857. The van der Waals surface area contributed by atoms with Crippen LogP contribution in [0, 0.1) is 0 Å². The molecule has 4 heteroatoms. The van der Waals surface area contributed by atoms with Gasteiger partial charge in [0.25, 0.3) is 0 Å². The molecule has 0 radical (unpaired) electrons. The maximum Gasteiger partial charge on any atom is 0.133 e. The van der Waals surface area contributed by atoms with Gasteiger partial charge in [0.05, 0.1) is 18.2 Å². The number of rotatable bonds is 6. The maximum atomic E-state index is 5.22. The molecule has 0 aliphatic carbocycles. The highest BCUT2D eigenvalue weighted by molar-refractivity contribution is 9.10. The van der Waals surface area contributed by atoms with E-state index in [-0.39, 0.29) is 0 Å². The number of benzene rings is 2. The first-order chi connectivity index (χ1) is 9.74. The van der Waals surface area contributed by atoms with Gasteiger partial charge in [-0.3, -0.25) is 0 Å². The molecule has 0 heterocycles. The molecule has 0 fully saturated rings. The van der Waals surface area contributed by atoms with Gasteiger partial charge in [-0.1, -0.05) is 24.3 Å². The zero-order chi connectivity index (χ0) is 14.4. The summed E-state index contributed by atoms with van der Waals surface area (Å²) in [5.41, 5.74) is 3.49. The van der Waals surface area contributed by atoms with Gasteiger partial charge in [-0.05, 0) is 45.3 Å². The molecule has 106 valence electrons. The molecule has 0 aliphatic heterocycles. The second-order valence-electron chi connectivity index (χ2n) is 4.40. The van der Waals surface area contributed by atoms with Crippen molar-refractivity contribution in [2.24, 2.45) is 0 Å². The highest BCUT2D eigenvalue weighted by Crippen LogP contribution is 2.28. The van der Waals surface area contributed by atoms with Gasteiger partial charge in [-0.25, -0.2) is 0 Å². The van der Waals surface area contributed by atoms with Gasteiger partial charge in [0.1, 0.15) is 5.75 Å². The molecular weight excluding hydrogens is 318 g/mol. The van der Waals surface area contributed by atoms with Crippen LogP contribution < -0.4 is 10.1 Å². The van der Waals surface area contributed by atoms with Crippen LogP contribution in [-0.4, -0.2) is 14.2 Å². The van der Waals surface area contributed by atoms with E-state index < -0.39 is 0 Å². The van der Waals surface area contributed by atoms with E-state index >= 15 is 0 Å². The second-order valence-corrected chi connectivity index (χ2v) is 5.26. The summed E-state index contributed by atoms with van der Waals surface area (Å²) in [6.07, 6.45) is 0. The van der Waals surface area contributed by atoms with Crippen LogP contribution in [0.25, 0.3) is 0 Å². The van der Waals surface area contributed by atoms with E-state index in [4.69, 9.17) is 9.47 Å². The van der Waals surface area contributed by atoms with E-state index in [1.807, 2.05) is 30.3 Å². The molecule has 20 heavy (non-hydrogen) atoms. The van der Waals surface area contributed by atoms with Crippen LogP contribution in [0.4, 0.5) is 5.69 Å². The SMILES string of the molecule is COCc1ccccc1CNc1ccc(OC)c(Br)c1. The number of ether oxygens (including phenoxy) is 2. The van der Waals surface area contributed by atoms with Gasteiger partial charge in [-0.2, -0.15) is 0 Å². The summed E-state index contributed by atoms with van der Waals surface area (Å²) in [4.78, 5) is 0. The Bertz CT molecular complexity index is 572. The van der Waals surface area contributed by atoms with Gasteiger partial charge in [0.2, 0.25) is 0 Å². The largest absolute Gasteiger partial charge is 0.496 e. The standard InChI is InChI=1S/C16H18BrNO2/c1-19-11-13-6-4-3-5-12(13)10-18-14-7-8-16(20-2)15(17)9-14/h3-9,18H,10-11H2,1-2H3. The number of methoxy groups -OCH3 is 2. The van der Waals surface area contributed by atoms with E-state index in [1.54, 1.807) is 14.2 Å². The average molecular weight is 336 g/mol. The van der Waals surface area contributed by atoms with Gasteiger partial charge in [0, 0.05) is 19.3 Å². The van der Waals surface area contributed by atoms with E-state index in [2.05, 4.69) is 33.4 Å². The summed E-state index contributed by atoms with van der Waals surface area (Å²) in [7, 11) is 3.37. The van der Waals surface area contributed by atoms with Crippen LogP contribution in [0.3, 0.4) is 0 Å². The molecule has 0 bridgehead atoms. The van der Waals surface area contributed by atoms with E-state index in [0.29, 0.717) is 6.61 Å². The monoisotopic (exact) mass is 335 g/mol. The van der Waals surface area contributed by atoms with Crippen molar-refractivity contribution in [1.29, 1.82) is 0 Å². The molecule has 0 unspecified atom stereocenters. The minimum absolute atomic E-state index is 0.629. The minimum atomic E-state index is 0.629. The zero-order valence-electron chi connectivity index (χ0n) is 11.7. The third kappa shape index (κ3) is 3.74. The van der Waals surface area contributed by atoms with E-state index in [1.165, 1.54) is 11.1 Å². The van der Waals surface area contributed by atoms with Gasteiger partial charge in [0.15, 0.2) is 0 Å². The first kappa shape index (κ1) is 14.9. The molecule has 3 nitrogen and oxygen atoms in total. The molecule has 2 aromatic rings. The van der Waals surface area contributed by atoms with Crippen molar-refractivity contribution in [3.05, 3.63) is 58.1 Å². The number of hydrogen-bond acceptors (Lipinski definition) is 3. The molecule has 0 atom stereocenters. The fraction of sp³-hybridized carbons (Fsp3) is 0.250. The summed E-state index contributed by atoms with van der Waals surface area (Å²) in [6.45, 7) is 1.39. The van der Waals surface area contributed by atoms with E-state index in [0.717, 1.165) is 22.5 Å². The number of hydrogen-bond donors (Lipinski definition) is 1. The van der Waals surface area contributed by atoms with Gasteiger partial charge in [-0.15, -0.1) is 0 Å². The lowest BCUT2D eigenvalue weighted by Gasteiger charge is -2.12. The van der Waals surface area contributed by atoms with Crippen LogP contribution in [0.15, 0.2) is 46.9 Å². The summed E-state index contributed by atoms with van der Waals surface area (Å²) >= 11 is 3.49. The fourth-order valence-electron chi connectivity index (χ4n) is 2.00. The lowest BCUT2D eigenvalue weighted by Crippen LogP contribution is -2.03. The Balaban J connectivity index is 2.07. The molecule has 0 saturated heterocycles. The van der Waals surface area contributed by atoms with Crippen molar-refractivity contribution < 1.29 is 9.47 Å². The molecule has 2 aromatic carbocycles. The Hall–Kier alpha value is -1.52. The number of halogens is 1. The highest BCUT2D eigenvalue weighted by atomic mass is 79.9. The third-order valence-corrected chi connectivity index (χ3v) is 3.67. The second kappa shape index (κ2) is 7.31. The summed E-state index contributed by atoms with van der Waals surface area (Å²) in [5, 5.41) is 3.41. The Morgan fingerprint density at radius 1 is 1.05 bits per heavy atom. The van der Waals surface area contributed by atoms with Gasteiger partial charge >= 0.3 is 0 Å². The first-order valence-electron chi connectivity index (χ1n) is 6.37. The van der Waals surface area contributed by atoms with Crippen molar-refractivity contribution in [2.45, 2.75) is 13.2 Å². The Morgan fingerprint density at radius 2 is 1.80 bits per heavy atom. The summed E-state index contributed by atoms with van der Waals surface area (Å²) < 4.78 is 11.4. The number of nitrogens with one attached hydrogen (secondary N) is 1. The lowest BCUT2D eigenvalue weighted by molar-refractivity contribution is 0.184. The maximum absolute atomic E-state index is 5.22. The fourth-order valence-corrected chi connectivity index (χ4v) is 2.54. The van der Waals surface area contributed by atoms with Crippen LogP contribution in [0.5, 0.6) is 5.75 Å². The molecule has 1 N–H and O–H groups in total. The molecule has 0 aliphatic rings. The summed E-state index contributed by atoms with van der Waals surface area (Å²) in [5.74, 6) is 0.829. The Morgan fingerprint density at radius 3 is 2.45 bits per heavy atom. The molecule has 0 amide bonds. The highest BCUT2D eigenvalue weighted by Gasteiger charge is 2.03. The Kier molecular flexibility index (Phi) is 5.44. The zero-order valence-corrected chi connectivity index (χ0v) is 13.2. The predicted molar refractivity (Wildman–Crippen MR) is 85.2 cm³/mol. The van der Waals surface area contributed by atoms with Crippen molar-refractivity contribution >= 4 is 21.6 Å². The van der Waals surface area contributed by atoms with Crippen molar-refractivity contribution in [1.82, 2.24) is 0 Å². The lowest BCUT2D eigenvalue weighted by atomic mass is 10.1. The van der Waals surface area contributed by atoms with Gasteiger partial charge < -0.3 is 14.8 Å². The first-order valence-corrected chi connectivity index (χ1v) is 7.17. The molecule has 2 rings (SSSR count). The van der Waals surface area contributed by atoms with Crippen LogP contribution in [0.2, 0.25) is 0 Å². The third-order valence-electron chi connectivity index (χ3n) is 3.05. The Labute approximate surface area is 128 Å². The van der Waals surface area contributed by atoms with Crippen molar-refractivity contribution in [3.8, 4) is 5.75 Å². The average Bonchev–Trinajstić information content (AvgIpc) is 2.47. The predicted octanol–water partition coefficient (Wildman–Crippen LogP) is 4.22. The minimum Gasteiger partial charge on any atom is -0.496 e. The summed E-state index contributed by atoms with van der Waals surface area (Å²) in [6, 6.07) is 14.2. The molecule has 0 aromatic heterocycles. The van der Waals surface area contributed by atoms with Crippen LogP contribution in [0.1, 0.15) is 11.1 Å². The van der Waals surface area contributed by atoms with Crippen LogP contribution in [-0.2, 0) is 17.9 Å². The molecule has 0 spiro atoms. The van der Waals surface area contributed by atoms with Crippen molar-refractivity contribution in [2.75, 3.05) is 19.5 Å². The van der Waals surface area contributed by atoms with Crippen molar-refractivity contribution in [3.63, 3.8) is 0 Å².